The largest absolute Gasteiger partial charge is 0.497 e. The maximum absolute atomic E-state index is 11.7. The number of ether oxygens (including phenoxy) is 1. The van der Waals surface area contributed by atoms with E-state index in [9.17, 15) is 9.90 Å². The first-order valence-corrected chi connectivity index (χ1v) is 6.97. The highest BCUT2D eigenvalue weighted by atomic mass is 16.5. The van der Waals surface area contributed by atoms with Gasteiger partial charge in [-0.15, -0.1) is 0 Å². The highest BCUT2D eigenvalue weighted by molar-refractivity contribution is 5.72. The number of methoxy groups -OCH3 is 1. The fourth-order valence-corrected chi connectivity index (χ4v) is 2.72. The van der Waals surface area contributed by atoms with Crippen molar-refractivity contribution in [1.29, 1.82) is 0 Å². The molecule has 0 bridgehead atoms. The van der Waals surface area contributed by atoms with Crippen LogP contribution in [0.4, 0.5) is 4.79 Å². The van der Waals surface area contributed by atoms with Crippen LogP contribution in [0.15, 0.2) is 24.3 Å². The molecule has 1 aromatic carbocycles. The first kappa shape index (κ1) is 14.7. The van der Waals surface area contributed by atoms with E-state index in [2.05, 4.69) is 0 Å². The van der Waals surface area contributed by atoms with E-state index in [0.29, 0.717) is 6.54 Å². The van der Waals surface area contributed by atoms with Crippen molar-refractivity contribution in [2.75, 3.05) is 7.11 Å². The van der Waals surface area contributed by atoms with Crippen molar-refractivity contribution < 1.29 is 14.6 Å². The van der Waals surface area contributed by atoms with Gasteiger partial charge in [0.05, 0.1) is 13.2 Å². The number of amides is 2. The van der Waals surface area contributed by atoms with Gasteiger partial charge in [-0.1, -0.05) is 12.1 Å². The molecule has 1 aliphatic carbocycles. The molecule has 0 aliphatic heterocycles. The average Bonchev–Trinajstić information content (AvgIpc) is 2.46. The smallest absolute Gasteiger partial charge is 0.315 e. The number of nitrogens with zero attached hydrogens (tertiary/aromatic N) is 1. The van der Waals surface area contributed by atoms with Crippen LogP contribution < -0.4 is 10.5 Å². The SMILES string of the molecule is COc1cccc(CN(C(N)=O)C2CCC(O)CC2)c1. The van der Waals surface area contributed by atoms with Crippen LogP contribution in [0.25, 0.3) is 0 Å². The van der Waals surface area contributed by atoms with Gasteiger partial charge in [-0.25, -0.2) is 4.79 Å². The maximum Gasteiger partial charge on any atom is 0.315 e. The molecule has 2 amide bonds. The quantitative estimate of drug-likeness (QED) is 0.883. The molecular weight excluding hydrogens is 256 g/mol. The van der Waals surface area contributed by atoms with Gasteiger partial charge in [0.25, 0.3) is 0 Å². The predicted octanol–water partition coefficient (Wildman–Crippen LogP) is 1.88. The standard InChI is InChI=1S/C15H22N2O3/c1-20-14-4-2-3-11(9-14)10-17(15(16)19)12-5-7-13(18)8-6-12/h2-4,9,12-13,18H,5-8,10H2,1H3,(H2,16,19). The van der Waals surface area contributed by atoms with Crippen molar-refractivity contribution in [2.24, 2.45) is 5.73 Å². The highest BCUT2D eigenvalue weighted by Crippen LogP contribution is 2.25. The van der Waals surface area contributed by atoms with E-state index in [1.807, 2.05) is 24.3 Å². The van der Waals surface area contributed by atoms with Gasteiger partial charge in [0.1, 0.15) is 5.75 Å². The number of nitrogens with two attached hydrogens (primary N) is 1. The molecule has 1 fully saturated rings. The molecule has 0 radical (unpaired) electrons. The molecule has 1 aromatic rings. The molecule has 1 aliphatic rings. The van der Waals surface area contributed by atoms with Crippen molar-refractivity contribution >= 4 is 6.03 Å². The Balaban J connectivity index is 2.07. The molecule has 2 rings (SSSR count). The number of rotatable bonds is 4. The topological polar surface area (TPSA) is 75.8 Å². The molecule has 0 aromatic heterocycles. The lowest BCUT2D eigenvalue weighted by molar-refractivity contribution is 0.0839. The number of aliphatic hydroxyl groups is 1. The van der Waals surface area contributed by atoms with Gasteiger partial charge >= 0.3 is 6.03 Å². The minimum atomic E-state index is -0.408. The van der Waals surface area contributed by atoms with E-state index in [4.69, 9.17) is 10.5 Å². The van der Waals surface area contributed by atoms with Gasteiger partial charge in [0.2, 0.25) is 0 Å². The molecule has 0 atom stereocenters. The Kier molecular flexibility index (Phi) is 4.84. The second-order valence-corrected chi connectivity index (χ2v) is 5.28. The summed E-state index contributed by atoms with van der Waals surface area (Å²) in [7, 11) is 1.62. The summed E-state index contributed by atoms with van der Waals surface area (Å²) in [5, 5.41) is 9.55. The van der Waals surface area contributed by atoms with Crippen LogP contribution in [0, 0.1) is 0 Å². The number of primary amides is 1. The molecule has 0 saturated heterocycles. The maximum atomic E-state index is 11.7. The third-order valence-electron chi connectivity index (χ3n) is 3.88. The van der Waals surface area contributed by atoms with E-state index in [1.54, 1.807) is 12.0 Å². The first-order valence-electron chi connectivity index (χ1n) is 6.97. The fourth-order valence-electron chi connectivity index (χ4n) is 2.72. The lowest BCUT2D eigenvalue weighted by atomic mass is 9.92. The van der Waals surface area contributed by atoms with Crippen molar-refractivity contribution in [3.8, 4) is 5.75 Å². The van der Waals surface area contributed by atoms with Crippen molar-refractivity contribution in [2.45, 2.75) is 44.4 Å². The summed E-state index contributed by atoms with van der Waals surface area (Å²) in [5.74, 6) is 0.769. The Morgan fingerprint density at radius 3 is 2.70 bits per heavy atom. The Bertz CT molecular complexity index is 456. The monoisotopic (exact) mass is 278 g/mol. The molecule has 0 unspecified atom stereocenters. The second kappa shape index (κ2) is 6.61. The van der Waals surface area contributed by atoms with Crippen LogP contribution in [0.1, 0.15) is 31.2 Å². The van der Waals surface area contributed by atoms with E-state index in [1.165, 1.54) is 0 Å². The van der Waals surface area contributed by atoms with E-state index < -0.39 is 6.03 Å². The summed E-state index contributed by atoms with van der Waals surface area (Å²) < 4.78 is 5.19. The van der Waals surface area contributed by atoms with Gasteiger partial charge < -0.3 is 20.5 Å². The minimum Gasteiger partial charge on any atom is -0.497 e. The fraction of sp³-hybridized carbons (Fsp3) is 0.533. The minimum absolute atomic E-state index is 0.113. The zero-order chi connectivity index (χ0) is 14.5. The van der Waals surface area contributed by atoms with Gasteiger partial charge in [-0.05, 0) is 43.4 Å². The molecule has 5 nitrogen and oxygen atoms in total. The van der Waals surface area contributed by atoms with Crippen molar-refractivity contribution in [3.05, 3.63) is 29.8 Å². The molecular formula is C15H22N2O3. The molecule has 110 valence electrons. The number of hydrogen-bond donors (Lipinski definition) is 2. The normalized spacial score (nSPS) is 22.3. The van der Waals surface area contributed by atoms with Crippen LogP contribution in [-0.2, 0) is 6.54 Å². The molecule has 1 saturated carbocycles. The van der Waals surface area contributed by atoms with Gasteiger partial charge in [0.15, 0.2) is 0 Å². The highest BCUT2D eigenvalue weighted by Gasteiger charge is 2.27. The number of carbonyl (C=O) groups is 1. The van der Waals surface area contributed by atoms with Gasteiger partial charge in [-0.2, -0.15) is 0 Å². The Morgan fingerprint density at radius 1 is 1.40 bits per heavy atom. The number of hydrogen-bond acceptors (Lipinski definition) is 3. The summed E-state index contributed by atoms with van der Waals surface area (Å²) in [4.78, 5) is 13.4. The van der Waals surface area contributed by atoms with Crippen LogP contribution in [-0.4, -0.2) is 35.3 Å². The molecule has 5 heteroatoms. The Labute approximate surface area is 119 Å². The first-order chi connectivity index (χ1) is 9.60. The molecule has 0 spiro atoms. The summed E-state index contributed by atoms with van der Waals surface area (Å²) in [6.45, 7) is 0.479. The molecule has 3 N–H and O–H groups in total. The third-order valence-corrected chi connectivity index (χ3v) is 3.88. The zero-order valence-corrected chi connectivity index (χ0v) is 11.8. The van der Waals surface area contributed by atoms with Gasteiger partial charge in [-0.3, -0.25) is 0 Å². The van der Waals surface area contributed by atoms with E-state index in [-0.39, 0.29) is 12.1 Å². The Morgan fingerprint density at radius 2 is 2.10 bits per heavy atom. The van der Waals surface area contributed by atoms with Crippen LogP contribution in [0.3, 0.4) is 0 Å². The summed E-state index contributed by atoms with van der Waals surface area (Å²) >= 11 is 0. The number of urea groups is 1. The van der Waals surface area contributed by atoms with E-state index in [0.717, 1.165) is 37.0 Å². The van der Waals surface area contributed by atoms with Crippen LogP contribution in [0.5, 0.6) is 5.75 Å². The number of benzene rings is 1. The molecule has 20 heavy (non-hydrogen) atoms. The molecule has 0 heterocycles. The van der Waals surface area contributed by atoms with E-state index >= 15 is 0 Å². The lowest BCUT2D eigenvalue weighted by Gasteiger charge is -2.34. The third kappa shape index (κ3) is 3.63. The van der Waals surface area contributed by atoms with Crippen molar-refractivity contribution in [1.82, 2.24) is 4.90 Å². The van der Waals surface area contributed by atoms with Crippen molar-refractivity contribution in [3.63, 3.8) is 0 Å². The summed E-state index contributed by atoms with van der Waals surface area (Å²) in [5.41, 5.74) is 6.51. The number of carbonyl (C=O) groups excluding carboxylic acids is 1. The lowest BCUT2D eigenvalue weighted by Crippen LogP contribution is -2.45. The average molecular weight is 278 g/mol. The van der Waals surface area contributed by atoms with Crippen LogP contribution >= 0.6 is 0 Å². The summed E-state index contributed by atoms with van der Waals surface area (Å²) in [6, 6.07) is 7.34. The summed E-state index contributed by atoms with van der Waals surface area (Å²) in [6.07, 6.45) is 2.82. The number of aliphatic hydroxyl groups excluding tert-OH is 1. The zero-order valence-electron chi connectivity index (χ0n) is 11.8. The predicted molar refractivity (Wildman–Crippen MR) is 76.4 cm³/mol. The van der Waals surface area contributed by atoms with Crippen LogP contribution in [0.2, 0.25) is 0 Å². The van der Waals surface area contributed by atoms with Gasteiger partial charge in [0, 0.05) is 12.6 Å². The Hall–Kier alpha value is -1.75. The second-order valence-electron chi connectivity index (χ2n) is 5.28.